The molecule has 2 rings (SSSR count). The van der Waals surface area contributed by atoms with Crippen molar-refractivity contribution in [1.29, 1.82) is 0 Å². The summed E-state index contributed by atoms with van der Waals surface area (Å²) in [5, 5.41) is 10.9. The molecule has 1 amide bonds. The van der Waals surface area contributed by atoms with Crippen molar-refractivity contribution in [2.45, 2.75) is 38.5 Å². The average molecular weight is 306 g/mol. The molecule has 0 aromatic carbocycles. The van der Waals surface area contributed by atoms with E-state index in [2.05, 4.69) is 20.5 Å². The van der Waals surface area contributed by atoms with Crippen LogP contribution in [-0.2, 0) is 11.2 Å². The zero-order chi connectivity index (χ0) is 15.2. The molecule has 0 aliphatic rings. The van der Waals surface area contributed by atoms with Crippen LogP contribution in [0.1, 0.15) is 24.1 Å². The summed E-state index contributed by atoms with van der Waals surface area (Å²) in [7, 11) is 0. The van der Waals surface area contributed by atoms with E-state index in [0.29, 0.717) is 17.5 Å². The monoisotopic (exact) mass is 306 g/mol. The van der Waals surface area contributed by atoms with E-state index in [1.165, 1.54) is 11.8 Å². The van der Waals surface area contributed by atoms with Gasteiger partial charge < -0.3 is 9.73 Å². The largest absolute Gasteiger partial charge is 0.416 e. The van der Waals surface area contributed by atoms with Gasteiger partial charge in [0.25, 0.3) is 5.22 Å². The second-order valence-corrected chi connectivity index (χ2v) is 5.74. The van der Waals surface area contributed by atoms with E-state index >= 15 is 0 Å². The molecule has 0 saturated carbocycles. The molecule has 7 heteroatoms. The van der Waals surface area contributed by atoms with Crippen molar-refractivity contribution in [2.75, 3.05) is 5.75 Å². The Kier molecular flexibility index (Phi) is 5.32. The van der Waals surface area contributed by atoms with Gasteiger partial charge in [0.2, 0.25) is 11.8 Å². The first kappa shape index (κ1) is 15.5. The normalized spacial score (nSPS) is 12.1. The Hall–Kier alpha value is -1.89. The number of hydrogen-bond acceptors (Lipinski definition) is 6. The van der Waals surface area contributed by atoms with Crippen LogP contribution in [-0.4, -0.2) is 32.9 Å². The van der Waals surface area contributed by atoms with Gasteiger partial charge in [0.15, 0.2) is 0 Å². The van der Waals surface area contributed by atoms with E-state index in [4.69, 9.17) is 4.42 Å². The zero-order valence-electron chi connectivity index (χ0n) is 12.3. The van der Waals surface area contributed by atoms with Crippen LogP contribution in [0.4, 0.5) is 0 Å². The minimum absolute atomic E-state index is 0.0242. The minimum Gasteiger partial charge on any atom is -0.416 e. The highest BCUT2D eigenvalue weighted by Gasteiger charge is 2.12. The molecule has 2 heterocycles. The number of aromatic nitrogens is 3. The van der Waals surface area contributed by atoms with E-state index in [1.54, 1.807) is 13.1 Å². The maximum absolute atomic E-state index is 11.9. The van der Waals surface area contributed by atoms with Crippen molar-refractivity contribution < 1.29 is 9.21 Å². The van der Waals surface area contributed by atoms with Gasteiger partial charge in [-0.05, 0) is 25.5 Å². The first-order valence-electron chi connectivity index (χ1n) is 6.67. The first-order valence-corrected chi connectivity index (χ1v) is 7.66. The lowest BCUT2D eigenvalue weighted by Gasteiger charge is -2.14. The second kappa shape index (κ2) is 7.21. The van der Waals surface area contributed by atoms with Crippen LogP contribution in [0.3, 0.4) is 0 Å². The van der Waals surface area contributed by atoms with E-state index < -0.39 is 0 Å². The standard InChI is InChI=1S/C14H18N4O2S/c1-9-5-4-6-15-12(9)7-10(2)16-13(19)8-21-14-18-17-11(3)20-14/h4-6,10H,7-8H2,1-3H3,(H,16,19)/t10-/m1/s1. The smallest absolute Gasteiger partial charge is 0.277 e. The second-order valence-electron chi connectivity index (χ2n) is 4.82. The van der Waals surface area contributed by atoms with E-state index in [-0.39, 0.29) is 17.7 Å². The summed E-state index contributed by atoms with van der Waals surface area (Å²) in [5.74, 6) is 0.696. The number of thioether (sulfide) groups is 1. The number of amides is 1. The molecule has 0 saturated heterocycles. The predicted molar refractivity (Wildman–Crippen MR) is 80.0 cm³/mol. The third kappa shape index (κ3) is 4.86. The van der Waals surface area contributed by atoms with Gasteiger partial charge in [-0.1, -0.05) is 17.8 Å². The number of aryl methyl sites for hydroxylation is 2. The van der Waals surface area contributed by atoms with Gasteiger partial charge in [-0.15, -0.1) is 10.2 Å². The van der Waals surface area contributed by atoms with Gasteiger partial charge in [-0.2, -0.15) is 0 Å². The Labute approximate surface area is 127 Å². The number of carbonyl (C=O) groups excluding carboxylic acids is 1. The van der Waals surface area contributed by atoms with Crippen LogP contribution in [0, 0.1) is 13.8 Å². The van der Waals surface area contributed by atoms with Crippen LogP contribution in [0.15, 0.2) is 28.0 Å². The first-order chi connectivity index (χ1) is 10.0. The molecular weight excluding hydrogens is 288 g/mol. The zero-order valence-corrected chi connectivity index (χ0v) is 13.1. The predicted octanol–water partition coefficient (Wildman–Crippen LogP) is 1.92. The van der Waals surface area contributed by atoms with Crippen LogP contribution in [0.25, 0.3) is 0 Å². The molecule has 0 bridgehead atoms. The lowest BCUT2D eigenvalue weighted by molar-refractivity contribution is -0.119. The SMILES string of the molecule is Cc1nnc(SCC(=O)N[C@H](C)Cc2ncccc2C)o1. The third-order valence-corrected chi connectivity index (χ3v) is 3.68. The number of hydrogen-bond donors (Lipinski definition) is 1. The fourth-order valence-electron chi connectivity index (χ4n) is 1.85. The van der Waals surface area contributed by atoms with Crippen LogP contribution < -0.4 is 5.32 Å². The summed E-state index contributed by atoms with van der Waals surface area (Å²) in [6.45, 7) is 5.70. The molecule has 0 spiro atoms. The summed E-state index contributed by atoms with van der Waals surface area (Å²) < 4.78 is 5.20. The number of pyridine rings is 1. The van der Waals surface area contributed by atoms with Crippen molar-refractivity contribution in [3.63, 3.8) is 0 Å². The summed E-state index contributed by atoms with van der Waals surface area (Å²) in [5.41, 5.74) is 2.14. The summed E-state index contributed by atoms with van der Waals surface area (Å²) >= 11 is 1.23. The molecule has 1 N–H and O–H groups in total. The molecule has 21 heavy (non-hydrogen) atoms. The Balaban J connectivity index is 1.78. The van der Waals surface area contributed by atoms with Crippen molar-refractivity contribution in [1.82, 2.24) is 20.5 Å². The van der Waals surface area contributed by atoms with E-state index in [9.17, 15) is 4.79 Å². The fourth-order valence-corrected chi connectivity index (χ4v) is 2.47. The van der Waals surface area contributed by atoms with Gasteiger partial charge in [0.05, 0.1) is 5.75 Å². The molecular formula is C14H18N4O2S. The highest BCUT2D eigenvalue weighted by atomic mass is 32.2. The maximum atomic E-state index is 11.9. The van der Waals surface area contributed by atoms with Crippen LogP contribution in [0.5, 0.6) is 0 Å². The number of carbonyl (C=O) groups is 1. The van der Waals surface area contributed by atoms with Gasteiger partial charge in [0, 0.05) is 31.3 Å². The number of rotatable bonds is 6. The molecule has 1 atom stereocenters. The quantitative estimate of drug-likeness (QED) is 0.821. The molecule has 0 aliphatic carbocycles. The Bertz CT molecular complexity index is 615. The molecule has 0 radical (unpaired) electrons. The van der Waals surface area contributed by atoms with Crippen molar-refractivity contribution in [3.8, 4) is 0 Å². The average Bonchev–Trinajstić information content (AvgIpc) is 2.85. The lowest BCUT2D eigenvalue weighted by atomic mass is 10.1. The molecule has 0 aliphatic heterocycles. The van der Waals surface area contributed by atoms with Crippen LogP contribution >= 0.6 is 11.8 Å². The minimum atomic E-state index is -0.0584. The fraction of sp³-hybridized carbons (Fsp3) is 0.429. The number of nitrogens with one attached hydrogen (secondary N) is 1. The molecule has 6 nitrogen and oxygen atoms in total. The summed E-state index contributed by atoms with van der Waals surface area (Å²) in [6, 6.07) is 3.95. The van der Waals surface area contributed by atoms with Crippen molar-refractivity contribution >= 4 is 17.7 Å². The van der Waals surface area contributed by atoms with E-state index in [0.717, 1.165) is 11.3 Å². The lowest BCUT2D eigenvalue weighted by Crippen LogP contribution is -2.35. The molecule has 0 unspecified atom stereocenters. The topological polar surface area (TPSA) is 80.9 Å². The maximum Gasteiger partial charge on any atom is 0.277 e. The van der Waals surface area contributed by atoms with Crippen LogP contribution in [0.2, 0.25) is 0 Å². The van der Waals surface area contributed by atoms with E-state index in [1.807, 2.05) is 26.0 Å². The number of nitrogens with zero attached hydrogens (tertiary/aromatic N) is 3. The molecule has 2 aromatic heterocycles. The Morgan fingerprint density at radius 2 is 2.24 bits per heavy atom. The van der Waals surface area contributed by atoms with Crippen molar-refractivity contribution in [3.05, 3.63) is 35.5 Å². The Morgan fingerprint density at radius 1 is 1.43 bits per heavy atom. The summed E-state index contributed by atoms with van der Waals surface area (Å²) in [6.07, 6.45) is 2.48. The van der Waals surface area contributed by atoms with Crippen molar-refractivity contribution in [2.24, 2.45) is 0 Å². The van der Waals surface area contributed by atoms with Gasteiger partial charge in [-0.25, -0.2) is 0 Å². The molecule has 0 fully saturated rings. The Morgan fingerprint density at radius 3 is 2.90 bits per heavy atom. The van der Waals surface area contributed by atoms with Gasteiger partial charge in [-0.3, -0.25) is 9.78 Å². The molecule has 112 valence electrons. The third-order valence-electron chi connectivity index (χ3n) is 2.86. The highest BCUT2D eigenvalue weighted by Crippen LogP contribution is 2.15. The van der Waals surface area contributed by atoms with Gasteiger partial charge in [0.1, 0.15) is 0 Å². The molecule has 2 aromatic rings. The highest BCUT2D eigenvalue weighted by molar-refractivity contribution is 7.99. The summed E-state index contributed by atoms with van der Waals surface area (Å²) in [4.78, 5) is 16.2. The van der Waals surface area contributed by atoms with Gasteiger partial charge >= 0.3 is 0 Å².